The summed E-state index contributed by atoms with van der Waals surface area (Å²) >= 11 is 0. The average Bonchev–Trinajstić information content (AvgIpc) is 2.37. The van der Waals surface area contributed by atoms with Gasteiger partial charge in [-0.3, -0.25) is 4.98 Å². The fourth-order valence-corrected chi connectivity index (χ4v) is 2.71. The van der Waals surface area contributed by atoms with E-state index in [2.05, 4.69) is 4.98 Å². The predicted octanol–water partition coefficient (Wildman–Crippen LogP) is 2.35. The van der Waals surface area contributed by atoms with Crippen LogP contribution in [0.1, 0.15) is 17.0 Å². The van der Waals surface area contributed by atoms with Crippen molar-refractivity contribution in [1.29, 1.82) is 0 Å². The van der Waals surface area contributed by atoms with Gasteiger partial charge in [-0.1, -0.05) is 6.07 Å². The molecule has 0 unspecified atom stereocenters. The largest absolute Gasteiger partial charge is 0.457 e. The molecule has 1 aromatic heterocycles. The molecular formula is C15H18N2O3S. The summed E-state index contributed by atoms with van der Waals surface area (Å²) in [6.45, 7) is 4.04. The zero-order valence-corrected chi connectivity index (χ0v) is 13.1. The molecule has 0 aliphatic heterocycles. The number of sulfone groups is 1. The van der Waals surface area contributed by atoms with Crippen molar-refractivity contribution in [2.45, 2.75) is 25.3 Å². The number of benzene rings is 1. The van der Waals surface area contributed by atoms with Crippen molar-refractivity contribution in [3.05, 3.63) is 47.3 Å². The van der Waals surface area contributed by atoms with Crippen LogP contribution < -0.4 is 10.5 Å². The summed E-state index contributed by atoms with van der Waals surface area (Å²) in [4.78, 5) is 4.57. The van der Waals surface area contributed by atoms with E-state index in [1.54, 1.807) is 18.2 Å². The Hall–Kier alpha value is -1.92. The van der Waals surface area contributed by atoms with Crippen molar-refractivity contribution < 1.29 is 13.2 Å². The van der Waals surface area contributed by atoms with Gasteiger partial charge < -0.3 is 10.5 Å². The summed E-state index contributed by atoms with van der Waals surface area (Å²) in [5.74, 6) is 1.06. The minimum atomic E-state index is -3.27. The molecule has 0 radical (unpaired) electrons. The number of hydrogen-bond acceptors (Lipinski definition) is 5. The molecule has 0 saturated heterocycles. The van der Waals surface area contributed by atoms with Crippen LogP contribution in [0.3, 0.4) is 0 Å². The zero-order chi connectivity index (χ0) is 15.6. The van der Waals surface area contributed by atoms with Crippen LogP contribution >= 0.6 is 0 Å². The van der Waals surface area contributed by atoms with Crippen molar-refractivity contribution in [3.63, 3.8) is 0 Å². The first-order valence-corrected chi connectivity index (χ1v) is 8.35. The minimum Gasteiger partial charge on any atom is -0.457 e. The molecule has 5 nitrogen and oxygen atoms in total. The lowest BCUT2D eigenvalue weighted by Gasteiger charge is -2.13. The molecule has 0 aliphatic rings. The van der Waals surface area contributed by atoms with Crippen LogP contribution in [-0.4, -0.2) is 19.7 Å². The van der Waals surface area contributed by atoms with E-state index < -0.39 is 9.84 Å². The van der Waals surface area contributed by atoms with E-state index in [4.69, 9.17) is 10.5 Å². The second-order valence-corrected chi connectivity index (χ2v) is 6.89. The second kappa shape index (κ2) is 5.83. The van der Waals surface area contributed by atoms with Gasteiger partial charge in [0, 0.05) is 35.8 Å². The van der Waals surface area contributed by atoms with Gasteiger partial charge in [0.15, 0.2) is 9.84 Å². The van der Waals surface area contributed by atoms with Gasteiger partial charge in [-0.05, 0) is 32.0 Å². The van der Waals surface area contributed by atoms with Crippen molar-refractivity contribution in [2.24, 2.45) is 5.73 Å². The van der Waals surface area contributed by atoms with Gasteiger partial charge in [0.1, 0.15) is 11.5 Å². The fourth-order valence-electron chi connectivity index (χ4n) is 2.05. The Morgan fingerprint density at radius 2 is 1.95 bits per heavy atom. The number of hydrogen-bond donors (Lipinski definition) is 1. The van der Waals surface area contributed by atoms with E-state index in [1.165, 1.54) is 12.1 Å². The number of ether oxygens (including phenoxy) is 1. The third-order valence-corrected chi connectivity index (χ3v) is 4.19. The number of rotatable bonds is 4. The van der Waals surface area contributed by atoms with Crippen LogP contribution in [0.4, 0.5) is 0 Å². The lowest BCUT2D eigenvalue weighted by Crippen LogP contribution is -2.05. The Labute approximate surface area is 124 Å². The first kappa shape index (κ1) is 15.5. The van der Waals surface area contributed by atoms with Gasteiger partial charge in [-0.15, -0.1) is 0 Å². The molecule has 0 aliphatic carbocycles. The van der Waals surface area contributed by atoms with Crippen LogP contribution in [0.5, 0.6) is 11.5 Å². The van der Waals surface area contributed by atoms with Crippen LogP contribution in [-0.2, 0) is 16.4 Å². The number of pyridine rings is 1. The van der Waals surface area contributed by atoms with Crippen LogP contribution in [0.15, 0.2) is 35.2 Å². The van der Waals surface area contributed by atoms with Crippen molar-refractivity contribution in [1.82, 2.24) is 4.98 Å². The maximum atomic E-state index is 11.6. The van der Waals surface area contributed by atoms with Gasteiger partial charge in [-0.2, -0.15) is 0 Å². The standard InChI is InChI=1S/C15H18N2O3S/c1-10-7-15(14(9-16)11(2)17-10)20-12-5-4-6-13(8-12)21(3,18)19/h4-8H,9,16H2,1-3H3. The maximum Gasteiger partial charge on any atom is 0.175 e. The molecular weight excluding hydrogens is 288 g/mol. The van der Waals surface area contributed by atoms with E-state index in [9.17, 15) is 8.42 Å². The van der Waals surface area contributed by atoms with E-state index in [-0.39, 0.29) is 4.90 Å². The molecule has 2 N–H and O–H groups in total. The molecule has 0 saturated carbocycles. The molecule has 0 bridgehead atoms. The van der Waals surface area contributed by atoms with Crippen molar-refractivity contribution >= 4 is 9.84 Å². The normalized spacial score (nSPS) is 11.4. The van der Waals surface area contributed by atoms with Gasteiger partial charge in [-0.25, -0.2) is 8.42 Å². The summed E-state index contributed by atoms with van der Waals surface area (Å²) in [7, 11) is -3.27. The summed E-state index contributed by atoms with van der Waals surface area (Å²) < 4.78 is 29.0. The van der Waals surface area contributed by atoms with E-state index in [0.717, 1.165) is 23.2 Å². The Morgan fingerprint density at radius 1 is 1.24 bits per heavy atom. The summed E-state index contributed by atoms with van der Waals surface area (Å²) in [6.07, 6.45) is 1.16. The lowest BCUT2D eigenvalue weighted by atomic mass is 10.1. The van der Waals surface area contributed by atoms with Crippen LogP contribution in [0.2, 0.25) is 0 Å². The Morgan fingerprint density at radius 3 is 2.57 bits per heavy atom. The number of aryl methyl sites for hydroxylation is 2. The smallest absolute Gasteiger partial charge is 0.175 e. The Balaban J connectivity index is 2.43. The Bertz CT molecular complexity index is 770. The van der Waals surface area contributed by atoms with Gasteiger partial charge in [0.25, 0.3) is 0 Å². The molecule has 1 heterocycles. The molecule has 2 aromatic rings. The van der Waals surface area contributed by atoms with Gasteiger partial charge in [0.2, 0.25) is 0 Å². The van der Waals surface area contributed by atoms with Crippen LogP contribution in [0.25, 0.3) is 0 Å². The highest BCUT2D eigenvalue weighted by Gasteiger charge is 2.12. The van der Waals surface area contributed by atoms with Crippen molar-refractivity contribution in [2.75, 3.05) is 6.26 Å². The van der Waals surface area contributed by atoms with Crippen LogP contribution in [0, 0.1) is 13.8 Å². The Kier molecular flexibility index (Phi) is 4.29. The SMILES string of the molecule is Cc1cc(Oc2cccc(S(C)(=O)=O)c2)c(CN)c(C)n1. The minimum absolute atomic E-state index is 0.219. The maximum absolute atomic E-state index is 11.6. The molecule has 0 amide bonds. The molecule has 0 atom stereocenters. The first-order chi connectivity index (χ1) is 9.81. The lowest BCUT2D eigenvalue weighted by molar-refractivity contribution is 0.472. The highest BCUT2D eigenvalue weighted by Crippen LogP contribution is 2.28. The highest BCUT2D eigenvalue weighted by molar-refractivity contribution is 7.90. The topological polar surface area (TPSA) is 82.3 Å². The molecule has 21 heavy (non-hydrogen) atoms. The second-order valence-electron chi connectivity index (χ2n) is 4.88. The van der Waals surface area contributed by atoms with Gasteiger partial charge in [0.05, 0.1) is 4.90 Å². The van der Waals surface area contributed by atoms with Crippen molar-refractivity contribution in [3.8, 4) is 11.5 Å². The quantitative estimate of drug-likeness (QED) is 0.937. The average molecular weight is 306 g/mol. The monoisotopic (exact) mass is 306 g/mol. The fraction of sp³-hybridized carbons (Fsp3) is 0.267. The molecule has 1 aromatic carbocycles. The number of nitrogens with zero attached hydrogens (tertiary/aromatic N) is 1. The first-order valence-electron chi connectivity index (χ1n) is 6.46. The molecule has 0 spiro atoms. The summed E-state index contributed by atoms with van der Waals surface area (Å²) in [6, 6.07) is 8.19. The van der Waals surface area contributed by atoms with E-state index in [0.29, 0.717) is 18.0 Å². The summed E-state index contributed by atoms with van der Waals surface area (Å²) in [5.41, 5.74) is 8.18. The van der Waals surface area contributed by atoms with E-state index in [1.807, 2.05) is 13.8 Å². The number of aromatic nitrogens is 1. The third-order valence-electron chi connectivity index (χ3n) is 3.08. The molecule has 6 heteroatoms. The zero-order valence-electron chi connectivity index (χ0n) is 12.3. The molecule has 112 valence electrons. The predicted molar refractivity (Wildman–Crippen MR) is 81.2 cm³/mol. The third kappa shape index (κ3) is 3.59. The molecule has 0 fully saturated rings. The summed E-state index contributed by atoms with van der Waals surface area (Å²) in [5, 5.41) is 0. The van der Waals surface area contributed by atoms with E-state index >= 15 is 0 Å². The highest BCUT2D eigenvalue weighted by atomic mass is 32.2. The molecule has 2 rings (SSSR count). The number of nitrogens with two attached hydrogens (primary N) is 1. The van der Waals surface area contributed by atoms with Gasteiger partial charge >= 0.3 is 0 Å².